The summed E-state index contributed by atoms with van der Waals surface area (Å²) in [5.74, 6) is -0.854. The molecule has 2 aromatic carbocycles. The molecule has 1 amide bonds. The summed E-state index contributed by atoms with van der Waals surface area (Å²) in [7, 11) is 0. The molecule has 1 N–H and O–H groups in total. The fourth-order valence-corrected chi connectivity index (χ4v) is 3.76. The number of esters is 1. The Bertz CT molecular complexity index is 1150. The zero-order valence-electron chi connectivity index (χ0n) is 17.2. The standard InChI is InChI=1S/C23H19ClF2N2O3S/c1-13(20(25)26)11-12-31-23(30)19-14(2)27-22(32-19)16-5-9-18(10-6-16)28-21(29)15-3-7-17(24)8-4-15/h3-10H,11-12H2,1-2H3,(H,28,29). The largest absolute Gasteiger partial charge is 0.461 e. The summed E-state index contributed by atoms with van der Waals surface area (Å²) in [5, 5.41) is 3.96. The Hall–Kier alpha value is -3.10. The minimum absolute atomic E-state index is 0.0258. The van der Waals surface area contributed by atoms with E-state index in [1.165, 1.54) is 6.92 Å². The van der Waals surface area contributed by atoms with Crippen molar-refractivity contribution >= 4 is 40.5 Å². The molecular formula is C23H19ClF2N2O3S. The smallest absolute Gasteiger partial charge is 0.350 e. The average Bonchev–Trinajstić information content (AvgIpc) is 3.16. The molecule has 0 atom stereocenters. The number of hydrogen-bond donors (Lipinski definition) is 1. The molecule has 3 aromatic rings. The molecule has 166 valence electrons. The van der Waals surface area contributed by atoms with Crippen molar-refractivity contribution in [3.05, 3.63) is 81.3 Å². The highest BCUT2D eigenvalue weighted by Gasteiger charge is 2.18. The number of carbonyl (C=O) groups is 2. The lowest BCUT2D eigenvalue weighted by Gasteiger charge is -2.06. The van der Waals surface area contributed by atoms with Gasteiger partial charge in [-0.15, -0.1) is 11.3 Å². The van der Waals surface area contributed by atoms with Crippen LogP contribution in [0, 0.1) is 6.92 Å². The summed E-state index contributed by atoms with van der Waals surface area (Å²) in [6.07, 6.45) is -1.78. The molecule has 0 radical (unpaired) electrons. The number of hydrogen-bond acceptors (Lipinski definition) is 5. The van der Waals surface area contributed by atoms with Crippen molar-refractivity contribution in [1.82, 2.24) is 4.98 Å². The van der Waals surface area contributed by atoms with Crippen LogP contribution >= 0.6 is 22.9 Å². The van der Waals surface area contributed by atoms with Crippen LogP contribution in [0.1, 0.15) is 39.1 Å². The third-order valence-electron chi connectivity index (χ3n) is 4.51. The van der Waals surface area contributed by atoms with Gasteiger partial charge < -0.3 is 10.1 Å². The molecule has 0 saturated carbocycles. The van der Waals surface area contributed by atoms with Crippen molar-refractivity contribution in [3.8, 4) is 10.6 Å². The lowest BCUT2D eigenvalue weighted by molar-refractivity contribution is 0.0512. The van der Waals surface area contributed by atoms with E-state index in [4.69, 9.17) is 16.3 Å². The predicted molar refractivity (Wildman–Crippen MR) is 122 cm³/mol. The first-order valence-corrected chi connectivity index (χ1v) is 10.8. The maximum atomic E-state index is 12.4. The summed E-state index contributed by atoms with van der Waals surface area (Å²) in [5.41, 5.74) is 2.24. The summed E-state index contributed by atoms with van der Waals surface area (Å²) in [6, 6.07) is 13.6. The Morgan fingerprint density at radius 1 is 1.09 bits per heavy atom. The molecule has 0 fully saturated rings. The number of nitrogens with zero attached hydrogens (tertiary/aromatic N) is 1. The van der Waals surface area contributed by atoms with Gasteiger partial charge in [-0.1, -0.05) is 11.6 Å². The van der Waals surface area contributed by atoms with Crippen LogP contribution in [0.3, 0.4) is 0 Å². The van der Waals surface area contributed by atoms with Gasteiger partial charge in [-0.25, -0.2) is 9.78 Å². The second-order valence-electron chi connectivity index (χ2n) is 6.90. The number of halogens is 3. The molecule has 0 spiro atoms. The molecule has 0 saturated heterocycles. The fraction of sp³-hybridized carbons (Fsp3) is 0.174. The van der Waals surface area contributed by atoms with Crippen LogP contribution in [-0.2, 0) is 4.74 Å². The minimum atomic E-state index is -1.76. The van der Waals surface area contributed by atoms with Crippen molar-refractivity contribution in [2.45, 2.75) is 20.3 Å². The summed E-state index contributed by atoms with van der Waals surface area (Å²) in [4.78, 5) is 29.3. The number of anilines is 1. The first-order valence-electron chi connectivity index (χ1n) is 9.57. The van der Waals surface area contributed by atoms with E-state index in [2.05, 4.69) is 10.3 Å². The monoisotopic (exact) mass is 476 g/mol. The number of ether oxygens (including phenoxy) is 1. The highest BCUT2D eigenvalue weighted by atomic mass is 35.5. The first-order chi connectivity index (χ1) is 15.2. The summed E-state index contributed by atoms with van der Waals surface area (Å²) in [6.45, 7) is 2.85. The number of amides is 1. The number of aromatic nitrogens is 1. The normalized spacial score (nSPS) is 10.5. The third-order valence-corrected chi connectivity index (χ3v) is 5.95. The van der Waals surface area contributed by atoms with Gasteiger partial charge in [0.2, 0.25) is 0 Å². The van der Waals surface area contributed by atoms with Gasteiger partial charge in [-0.3, -0.25) is 4.79 Å². The van der Waals surface area contributed by atoms with E-state index >= 15 is 0 Å². The van der Waals surface area contributed by atoms with Gasteiger partial charge in [0.1, 0.15) is 9.88 Å². The maximum Gasteiger partial charge on any atom is 0.350 e. The van der Waals surface area contributed by atoms with Crippen molar-refractivity contribution in [2.24, 2.45) is 0 Å². The van der Waals surface area contributed by atoms with Gasteiger partial charge >= 0.3 is 5.97 Å². The second kappa shape index (κ2) is 10.5. The van der Waals surface area contributed by atoms with Gasteiger partial charge in [-0.05, 0) is 68.0 Å². The highest BCUT2D eigenvalue weighted by molar-refractivity contribution is 7.17. The van der Waals surface area contributed by atoms with Crippen molar-refractivity contribution < 1.29 is 23.1 Å². The summed E-state index contributed by atoms with van der Waals surface area (Å²) < 4.78 is 30.0. The van der Waals surface area contributed by atoms with E-state index in [9.17, 15) is 18.4 Å². The Morgan fingerprint density at radius 2 is 1.75 bits per heavy atom. The van der Waals surface area contributed by atoms with Crippen LogP contribution in [0.4, 0.5) is 14.5 Å². The molecule has 9 heteroatoms. The first kappa shape index (κ1) is 23.6. The van der Waals surface area contributed by atoms with Gasteiger partial charge in [0, 0.05) is 28.3 Å². The van der Waals surface area contributed by atoms with Crippen LogP contribution in [0.15, 0.2) is 60.2 Å². The minimum Gasteiger partial charge on any atom is -0.461 e. The van der Waals surface area contributed by atoms with Crippen molar-refractivity contribution in [3.63, 3.8) is 0 Å². The lowest BCUT2D eigenvalue weighted by Crippen LogP contribution is -2.11. The Kier molecular flexibility index (Phi) is 7.71. The van der Waals surface area contributed by atoms with Gasteiger partial charge in [0.15, 0.2) is 0 Å². The van der Waals surface area contributed by atoms with Crippen LogP contribution in [0.25, 0.3) is 10.6 Å². The van der Waals surface area contributed by atoms with E-state index in [0.29, 0.717) is 31.9 Å². The van der Waals surface area contributed by atoms with Gasteiger partial charge in [-0.2, -0.15) is 8.78 Å². The van der Waals surface area contributed by atoms with E-state index in [1.54, 1.807) is 55.5 Å². The predicted octanol–water partition coefficient (Wildman–Crippen LogP) is 6.74. The van der Waals surface area contributed by atoms with Crippen LogP contribution in [0.2, 0.25) is 5.02 Å². The van der Waals surface area contributed by atoms with Gasteiger partial charge in [0.25, 0.3) is 12.0 Å². The topological polar surface area (TPSA) is 68.3 Å². The lowest BCUT2D eigenvalue weighted by atomic mass is 10.2. The molecule has 1 aromatic heterocycles. The molecule has 0 aliphatic rings. The zero-order chi connectivity index (χ0) is 23.3. The SMILES string of the molecule is CC(CCOC(=O)c1sc(-c2ccc(NC(=O)c3ccc(Cl)cc3)cc2)nc1C)=C(F)F. The Morgan fingerprint density at radius 3 is 2.38 bits per heavy atom. The molecule has 0 aliphatic heterocycles. The molecule has 0 bridgehead atoms. The number of benzene rings is 2. The number of aryl methyl sites for hydroxylation is 1. The highest BCUT2D eigenvalue weighted by Crippen LogP contribution is 2.29. The molecule has 1 heterocycles. The number of carbonyl (C=O) groups excluding carboxylic acids is 2. The van der Waals surface area contributed by atoms with E-state index in [1.807, 2.05) is 0 Å². The number of rotatable bonds is 7. The third kappa shape index (κ3) is 5.99. The zero-order valence-corrected chi connectivity index (χ0v) is 18.8. The van der Waals surface area contributed by atoms with Crippen molar-refractivity contribution in [2.75, 3.05) is 11.9 Å². The Balaban J connectivity index is 1.65. The van der Waals surface area contributed by atoms with E-state index in [0.717, 1.165) is 16.9 Å². The quantitative estimate of drug-likeness (QED) is 0.383. The average molecular weight is 477 g/mol. The van der Waals surface area contributed by atoms with E-state index < -0.39 is 12.0 Å². The summed E-state index contributed by atoms with van der Waals surface area (Å²) >= 11 is 7.00. The fourth-order valence-electron chi connectivity index (χ4n) is 2.67. The maximum absolute atomic E-state index is 12.4. The van der Waals surface area contributed by atoms with Crippen molar-refractivity contribution in [1.29, 1.82) is 0 Å². The van der Waals surface area contributed by atoms with Crippen LogP contribution in [0.5, 0.6) is 0 Å². The number of nitrogens with one attached hydrogen (secondary N) is 1. The molecule has 0 unspecified atom stereocenters. The Labute approximate surface area is 192 Å². The molecule has 0 aliphatic carbocycles. The molecule has 5 nitrogen and oxygen atoms in total. The van der Waals surface area contributed by atoms with E-state index in [-0.39, 0.29) is 24.5 Å². The molecule has 32 heavy (non-hydrogen) atoms. The second-order valence-corrected chi connectivity index (χ2v) is 8.33. The molecular weight excluding hydrogens is 458 g/mol. The van der Waals surface area contributed by atoms with Crippen LogP contribution in [-0.4, -0.2) is 23.5 Å². The van der Waals surface area contributed by atoms with Gasteiger partial charge in [0.05, 0.1) is 12.3 Å². The number of thiazole rings is 1. The molecule has 3 rings (SSSR count). The van der Waals surface area contributed by atoms with Crippen LogP contribution < -0.4 is 5.32 Å².